The molecule has 1 aromatic carbocycles. The third-order valence-corrected chi connectivity index (χ3v) is 7.49. The Morgan fingerprint density at radius 1 is 1.08 bits per heavy atom. The summed E-state index contributed by atoms with van der Waals surface area (Å²) >= 11 is 0. The van der Waals surface area contributed by atoms with Gasteiger partial charge in [-0.05, 0) is 18.4 Å². The first-order valence-corrected chi connectivity index (χ1v) is 13.4. The molecule has 1 aliphatic heterocycles. The smallest absolute Gasteiger partial charge is 0.387 e. The number of ether oxygens (including phenoxy) is 1. The SMILES string of the molecule is Nc1ncnc2c1c(CCc1ccccc1)nn2C1O[C@H](C(O)OP(=O)(O)OP(=O)(O)O)[C@@H](O)[C@H]1O. The van der Waals surface area contributed by atoms with E-state index in [2.05, 4.69) is 23.9 Å². The van der Waals surface area contributed by atoms with Crippen molar-refractivity contribution >= 4 is 32.5 Å². The maximum absolute atomic E-state index is 11.8. The largest absolute Gasteiger partial charge is 0.483 e. The zero-order valence-corrected chi connectivity index (χ0v) is 20.0. The number of hydrogen-bond donors (Lipinski definition) is 7. The van der Waals surface area contributed by atoms with E-state index < -0.39 is 46.5 Å². The Morgan fingerprint density at radius 3 is 2.44 bits per heavy atom. The number of nitrogens with two attached hydrogens (primary N) is 1. The van der Waals surface area contributed by atoms with Crippen LogP contribution in [0.1, 0.15) is 17.5 Å². The van der Waals surface area contributed by atoms with Crippen LogP contribution in [-0.4, -0.2) is 74.4 Å². The van der Waals surface area contributed by atoms with Crippen LogP contribution in [0.2, 0.25) is 0 Å². The summed E-state index contributed by atoms with van der Waals surface area (Å²) < 4.78 is 37.1. The lowest BCUT2D eigenvalue weighted by Crippen LogP contribution is -2.39. The van der Waals surface area contributed by atoms with Crippen LogP contribution in [0.15, 0.2) is 36.7 Å². The number of aliphatic hydroxyl groups is 3. The van der Waals surface area contributed by atoms with Gasteiger partial charge >= 0.3 is 15.6 Å². The highest BCUT2D eigenvalue weighted by atomic mass is 31.3. The first-order chi connectivity index (χ1) is 16.9. The van der Waals surface area contributed by atoms with Crippen LogP contribution in [0.25, 0.3) is 11.0 Å². The normalized spacial score (nSPS) is 25.2. The maximum atomic E-state index is 11.8. The molecule has 2 aromatic heterocycles. The summed E-state index contributed by atoms with van der Waals surface area (Å²) in [6.07, 6.45) is -7.24. The summed E-state index contributed by atoms with van der Waals surface area (Å²) in [4.78, 5) is 35.0. The molecule has 196 valence electrons. The fraction of sp³-hybridized carbons (Fsp3) is 0.389. The van der Waals surface area contributed by atoms with Gasteiger partial charge in [0, 0.05) is 0 Å². The number of rotatable bonds is 9. The van der Waals surface area contributed by atoms with Gasteiger partial charge in [-0.2, -0.15) is 9.41 Å². The Kier molecular flexibility index (Phi) is 7.57. The third kappa shape index (κ3) is 5.80. The molecule has 6 atom stereocenters. The van der Waals surface area contributed by atoms with Crippen molar-refractivity contribution in [2.75, 3.05) is 5.73 Å². The fourth-order valence-corrected chi connectivity index (χ4v) is 5.42. The molecule has 18 heteroatoms. The first kappa shape index (κ1) is 26.7. The van der Waals surface area contributed by atoms with Crippen molar-refractivity contribution < 1.29 is 52.7 Å². The zero-order chi connectivity index (χ0) is 26.3. The highest BCUT2D eigenvalue weighted by Gasteiger charge is 2.50. The van der Waals surface area contributed by atoms with Crippen molar-refractivity contribution in [3.8, 4) is 0 Å². The van der Waals surface area contributed by atoms with E-state index in [0.717, 1.165) is 16.6 Å². The van der Waals surface area contributed by atoms with Crippen molar-refractivity contribution in [3.05, 3.63) is 47.9 Å². The minimum atomic E-state index is -5.49. The first-order valence-electron chi connectivity index (χ1n) is 10.4. The van der Waals surface area contributed by atoms with Crippen LogP contribution in [0.4, 0.5) is 5.82 Å². The topological polar surface area (TPSA) is 253 Å². The second kappa shape index (κ2) is 10.2. The molecule has 36 heavy (non-hydrogen) atoms. The molecule has 1 fully saturated rings. The van der Waals surface area contributed by atoms with Gasteiger partial charge in [-0.1, -0.05) is 30.3 Å². The lowest BCUT2D eigenvalue weighted by atomic mass is 10.1. The van der Waals surface area contributed by atoms with Crippen molar-refractivity contribution in [2.45, 2.75) is 43.7 Å². The number of aliphatic hydroxyl groups excluding tert-OH is 3. The van der Waals surface area contributed by atoms with E-state index in [4.69, 9.17) is 20.3 Å². The van der Waals surface area contributed by atoms with Gasteiger partial charge in [0.05, 0.1) is 11.1 Å². The third-order valence-electron chi connectivity index (χ3n) is 5.33. The molecule has 0 bridgehead atoms. The van der Waals surface area contributed by atoms with Crippen LogP contribution in [-0.2, 0) is 35.5 Å². The molecule has 4 rings (SSSR count). The van der Waals surface area contributed by atoms with Crippen molar-refractivity contribution in [1.29, 1.82) is 0 Å². The van der Waals surface area contributed by atoms with E-state index in [9.17, 15) is 29.3 Å². The van der Waals surface area contributed by atoms with Gasteiger partial charge in [0.2, 0.25) is 0 Å². The Morgan fingerprint density at radius 2 is 1.78 bits per heavy atom. The number of nitrogens with zero attached hydrogens (tertiary/aromatic N) is 4. The lowest BCUT2D eigenvalue weighted by Gasteiger charge is -2.22. The highest BCUT2D eigenvalue weighted by molar-refractivity contribution is 7.60. The average Bonchev–Trinajstić information content (AvgIpc) is 3.29. The number of fused-ring (bicyclic) bond motifs is 1. The second-order valence-corrected chi connectivity index (χ2v) is 10.6. The van der Waals surface area contributed by atoms with E-state index >= 15 is 0 Å². The molecule has 3 aromatic rings. The molecule has 3 heterocycles. The molecule has 1 saturated heterocycles. The van der Waals surface area contributed by atoms with Crippen LogP contribution in [0.5, 0.6) is 0 Å². The number of hydrogen-bond acceptors (Lipinski definition) is 12. The fourth-order valence-electron chi connectivity index (χ4n) is 3.80. The Bertz CT molecular complexity index is 1320. The molecular weight excluding hydrogens is 524 g/mol. The number of nitrogen functional groups attached to an aromatic ring is 1. The number of aromatic nitrogens is 4. The number of phosphoric acid groups is 2. The summed E-state index contributed by atoms with van der Waals surface area (Å²) in [5.74, 6) is 0.109. The summed E-state index contributed by atoms with van der Waals surface area (Å²) in [5, 5.41) is 36.0. The van der Waals surface area contributed by atoms with Crippen molar-refractivity contribution in [3.63, 3.8) is 0 Å². The lowest BCUT2D eigenvalue weighted by molar-refractivity contribution is -0.161. The van der Waals surface area contributed by atoms with E-state index in [1.54, 1.807) is 0 Å². The van der Waals surface area contributed by atoms with E-state index in [0.29, 0.717) is 23.9 Å². The average molecular weight is 547 g/mol. The molecule has 16 nitrogen and oxygen atoms in total. The monoisotopic (exact) mass is 547 g/mol. The minimum absolute atomic E-state index is 0.109. The molecular formula is C18H23N5O11P2. The number of phosphoric ester groups is 1. The van der Waals surface area contributed by atoms with Gasteiger partial charge in [0.15, 0.2) is 18.2 Å². The van der Waals surface area contributed by atoms with E-state index in [-0.39, 0.29) is 11.5 Å². The van der Waals surface area contributed by atoms with E-state index in [1.807, 2.05) is 30.3 Å². The standard InChI is InChI=1S/C18H23N5O11P2/c19-15-11-10(7-6-9-4-2-1-3-5-9)22-23(16(11)21-8-20-15)17-13(25)12(24)14(32-17)18(26)33-36(30,31)34-35(27,28)29/h1-5,8,12-14,17-18,24-26H,6-7H2,(H,30,31)(H2,19,20,21)(H2,27,28,29)/t12-,13+,14-,17?,18?/m0/s1. The van der Waals surface area contributed by atoms with Gasteiger partial charge in [0.1, 0.15) is 30.5 Å². The van der Waals surface area contributed by atoms with Gasteiger partial charge in [0.25, 0.3) is 0 Å². The van der Waals surface area contributed by atoms with Crippen LogP contribution in [0.3, 0.4) is 0 Å². The van der Waals surface area contributed by atoms with Crippen LogP contribution in [0, 0.1) is 0 Å². The van der Waals surface area contributed by atoms with Crippen LogP contribution >= 0.6 is 15.6 Å². The number of aryl methyl sites for hydroxylation is 2. The predicted molar refractivity (Wildman–Crippen MR) is 120 cm³/mol. The van der Waals surface area contributed by atoms with Gasteiger partial charge < -0.3 is 40.5 Å². The summed E-state index contributed by atoms with van der Waals surface area (Å²) in [7, 11) is -10.9. The Labute approximate surface area is 202 Å². The van der Waals surface area contributed by atoms with Crippen LogP contribution < -0.4 is 5.73 Å². The van der Waals surface area contributed by atoms with Crippen molar-refractivity contribution in [2.24, 2.45) is 0 Å². The number of anilines is 1. The maximum Gasteiger partial charge on any atom is 0.483 e. The second-order valence-electron chi connectivity index (χ2n) is 7.84. The molecule has 0 spiro atoms. The molecule has 3 unspecified atom stereocenters. The summed E-state index contributed by atoms with van der Waals surface area (Å²) in [5.41, 5.74) is 7.68. The molecule has 1 aliphatic rings. The van der Waals surface area contributed by atoms with Gasteiger partial charge in [-0.3, -0.25) is 4.52 Å². The molecule has 0 amide bonds. The Hall–Kier alpha value is -2.33. The quantitative estimate of drug-likeness (QED) is 0.130. The summed E-state index contributed by atoms with van der Waals surface area (Å²) in [6, 6.07) is 9.52. The predicted octanol–water partition coefficient (Wildman–Crippen LogP) is -0.642. The molecule has 0 aliphatic carbocycles. The molecule has 0 radical (unpaired) electrons. The highest BCUT2D eigenvalue weighted by Crippen LogP contribution is 2.58. The minimum Gasteiger partial charge on any atom is -0.387 e. The molecule has 0 saturated carbocycles. The summed E-state index contributed by atoms with van der Waals surface area (Å²) in [6.45, 7) is 0. The van der Waals surface area contributed by atoms with Gasteiger partial charge in [-0.15, -0.1) is 0 Å². The van der Waals surface area contributed by atoms with E-state index in [1.165, 1.54) is 0 Å². The van der Waals surface area contributed by atoms with Crippen molar-refractivity contribution in [1.82, 2.24) is 19.7 Å². The zero-order valence-electron chi connectivity index (χ0n) is 18.3. The molecule has 8 N–H and O–H groups in total. The Balaban J connectivity index is 1.60. The number of benzene rings is 1. The van der Waals surface area contributed by atoms with Gasteiger partial charge in [-0.25, -0.2) is 23.8 Å².